The Balaban J connectivity index is 3.43. The van der Waals surface area contributed by atoms with Gasteiger partial charge in [-0.15, -0.1) is 0 Å². The summed E-state index contributed by atoms with van der Waals surface area (Å²) < 4.78 is 0. The number of rotatable bonds is 3. The summed E-state index contributed by atoms with van der Waals surface area (Å²) >= 11 is 0. The molecule has 0 aromatic heterocycles. The van der Waals surface area contributed by atoms with E-state index in [-0.39, 0.29) is 22.5 Å². The molecule has 13 heavy (non-hydrogen) atoms. The predicted octanol–water partition coefficient (Wildman–Crippen LogP) is 0.805. The fourth-order valence-corrected chi connectivity index (χ4v) is 1.04. The molecule has 0 amide bonds. The van der Waals surface area contributed by atoms with Gasteiger partial charge in [-0.3, -0.25) is 14.4 Å². The van der Waals surface area contributed by atoms with Gasteiger partial charge in [0, 0.05) is 16.7 Å². The molecule has 1 aromatic rings. The molecule has 0 aliphatic rings. The monoisotopic (exact) mass is 174 g/mol. The van der Waals surface area contributed by atoms with Gasteiger partial charge in [0.05, 0.1) is 0 Å². The molecule has 0 aliphatic carbocycles. The summed E-state index contributed by atoms with van der Waals surface area (Å²) in [5, 5.41) is 0. The van der Waals surface area contributed by atoms with E-state index in [1.165, 1.54) is 25.1 Å². The molecule has 0 aliphatic heterocycles. The van der Waals surface area contributed by atoms with Crippen molar-refractivity contribution in [1.29, 1.82) is 0 Å². The van der Waals surface area contributed by atoms with E-state index in [4.69, 9.17) is 0 Å². The third kappa shape index (κ3) is 1.69. The van der Waals surface area contributed by atoms with Gasteiger partial charge >= 0.3 is 0 Å². The van der Waals surface area contributed by atoms with Crippen molar-refractivity contribution < 1.29 is 14.4 Å². The van der Waals surface area contributed by atoms with Crippen LogP contribution in [0.3, 0.4) is 0 Å². The topological polar surface area (TPSA) is 51.2 Å². The lowest BCUT2D eigenvalue weighted by atomic mass is 10.0. The minimum Gasteiger partial charge on any atom is -0.294 e. The fraction of sp³-hybridized carbons (Fsp3) is 0.100. The second-order valence-electron chi connectivity index (χ2n) is 2.49. The van der Waals surface area contributed by atoms with Gasteiger partial charge in [0.1, 0.15) is 0 Å². The van der Waals surface area contributed by atoms with Crippen LogP contribution in [0.2, 0.25) is 0 Å². The molecule has 0 bridgehead atoms. The number of carbonyl (C=O) groups excluding carboxylic acids is 3. The van der Waals surface area contributed by atoms with Crippen LogP contribution in [-0.2, 0) is 9.59 Å². The Labute approximate surface area is 75.4 Å². The standard InChI is InChI=1S/C10H6O3/c1-7(13)9-4-2-3-8(5-11)10(9)6-12/h2-4H,1H3. The van der Waals surface area contributed by atoms with E-state index in [0.29, 0.717) is 0 Å². The average molecular weight is 174 g/mol. The number of hydrogen-bond acceptors (Lipinski definition) is 3. The van der Waals surface area contributed by atoms with Crippen molar-refractivity contribution in [1.82, 2.24) is 0 Å². The number of ketones is 1. The van der Waals surface area contributed by atoms with Crippen molar-refractivity contribution in [2.45, 2.75) is 6.92 Å². The second kappa shape index (κ2) is 3.76. The van der Waals surface area contributed by atoms with Gasteiger partial charge < -0.3 is 0 Å². The molecule has 0 fully saturated rings. The first-order chi connectivity index (χ1) is 6.20. The van der Waals surface area contributed by atoms with Gasteiger partial charge in [-0.05, 0) is 6.92 Å². The van der Waals surface area contributed by atoms with Gasteiger partial charge in [-0.2, -0.15) is 0 Å². The minimum absolute atomic E-state index is 0.00926. The Morgan fingerprint density at radius 2 is 1.92 bits per heavy atom. The molecule has 3 nitrogen and oxygen atoms in total. The van der Waals surface area contributed by atoms with Crippen molar-refractivity contribution in [3.63, 3.8) is 0 Å². The second-order valence-corrected chi connectivity index (χ2v) is 2.49. The van der Waals surface area contributed by atoms with Crippen molar-refractivity contribution >= 4 is 18.4 Å². The maximum atomic E-state index is 11.0. The van der Waals surface area contributed by atoms with Crippen molar-refractivity contribution in [2.24, 2.45) is 0 Å². The van der Waals surface area contributed by atoms with Crippen LogP contribution in [-0.4, -0.2) is 18.4 Å². The Morgan fingerprint density at radius 1 is 1.23 bits per heavy atom. The van der Waals surface area contributed by atoms with Crippen LogP contribution >= 0.6 is 0 Å². The molecule has 0 atom stereocenters. The number of Topliss-reactive ketones (excluding diaryl/α,β-unsaturated/α-hetero) is 1. The summed E-state index contributed by atoms with van der Waals surface area (Å²) in [7, 11) is 0. The lowest BCUT2D eigenvalue weighted by Crippen LogP contribution is -2.02. The summed E-state index contributed by atoms with van der Waals surface area (Å²) in [5.74, 6) is -0.268. The highest BCUT2D eigenvalue weighted by molar-refractivity contribution is 6.05. The maximum absolute atomic E-state index is 11.0. The van der Waals surface area contributed by atoms with Gasteiger partial charge in [0.2, 0.25) is 12.6 Å². The van der Waals surface area contributed by atoms with E-state index in [0.717, 1.165) is 0 Å². The molecule has 0 saturated carbocycles. The van der Waals surface area contributed by atoms with Crippen LogP contribution in [0, 0.1) is 0 Å². The first-order valence-electron chi connectivity index (χ1n) is 3.61. The molecule has 0 heterocycles. The molecule has 1 aromatic carbocycles. The SMILES string of the molecule is CC(=O)c1cccc([C]=O)c1[C]=O. The predicted molar refractivity (Wildman–Crippen MR) is 46.0 cm³/mol. The zero-order valence-corrected chi connectivity index (χ0v) is 6.96. The normalized spacial score (nSPS) is 9.31. The average Bonchev–Trinajstić information content (AvgIpc) is 2.16. The van der Waals surface area contributed by atoms with Crippen LogP contribution in [0.5, 0.6) is 0 Å². The van der Waals surface area contributed by atoms with E-state index >= 15 is 0 Å². The third-order valence-electron chi connectivity index (χ3n) is 1.66. The van der Waals surface area contributed by atoms with Gasteiger partial charge in [-0.1, -0.05) is 18.2 Å². The van der Waals surface area contributed by atoms with Gasteiger partial charge in [0.25, 0.3) is 0 Å². The zero-order valence-electron chi connectivity index (χ0n) is 6.96. The van der Waals surface area contributed by atoms with E-state index < -0.39 is 0 Å². The summed E-state index contributed by atoms with van der Waals surface area (Å²) in [4.78, 5) is 31.8. The van der Waals surface area contributed by atoms with Gasteiger partial charge in [-0.25, -0.2) is 0 Å². The molecule has 2 radical (unpaired) electrons. The molecule has 64 valence electrons. The molecule has 0 spiro atoms. The number of benzene rings is 1. The number of carbonyl (C=O) groups is 1. The van der Waals surface area contributed by atoms with Crippen LogP contribution < -0.4 is 0 Å². The molecule has 1 rings (SSSR count). The van der Waals surface area contributed by atoms with Gasteiger partial charge in [0.15, 0.2) is 5.78 Å². The highest BCUT2D eigenvalue weighted by Crippen LogP contribution is 2.11. The lowest BCUT2D eigenvalue weighted by molar-refractivity contribution is 0.101. The van der Waals surface area contributed by atoms with E-state index in [1.807, 2.05) is 0 Å². The Hall–Kier alpha value is -1.77. The summed E-state index contributed by atoms with van der Waals surface area (Å²) in [6.07, 6.45) is 3.14. The highest BCUT2D eigenvalue weighted by atomic mass is 16.1. The van der Waals surface area contributed by atoms with Crippen molar-refractivity contribution in [2.75, 3.05) is 0 Å². The molecule has 0 unspecified atom stereocenters. The lowest BCUT2D eigenvalue weighted by Gasteiger charge is -2.00. The van der Waals surface area contributed by atoms with Crippen molar-refractivity contribution in [3.8, 4) is 0 Å². The summed E-state index contributed by atoms with van der Waals surface area (Å²) in [6.45, 7) is 1.32. The van der Waals surface area contributed by atoms with E-state index in [1.54, 1.807) is 12.6 Å². The maximum Gasteiger partial charge on any atom is 0.235 e. The molecular weight excluding hydrogens is 168 g/mol. The van der Waals surface area contributed by atoms with Crippen LogP contribution in [0.4, 0.5) is 0 Å². The Kier molecular flexibility index (Phi) is 2.69. The third-order valence-corrected chi connectivity index (χ3v) is 1.66. The van der Waals surface area contributed by atoms with Crippen LogP contribution in [0.1, 0.15) is 28.4 Å². The number of hydrogen-bond donors (Lipinski definition) is 0. The van der Waals surface area contributed by atoms with Crippen molar-refractivity contribution in [3.05, 3.63) is 34.9 Å². The molecule has 3 heteroatoms. The minimum atomic E-state index is -0.268. The van der Waals surface area contributed by atoms with E-state index in [9.17, 15) is 14.4 Å². The summed E-state index contributed by atoms with van der Waals surface area (Å²) in [5.41, 5.74) is 0.267. The fourth-order valence-electron chi connectivity index (χ4n) is 1.04. The first kappa shape index (κ1) is 9.32. The summed E-state index contributed by atoms with van der Waals surface area (Å²) in [6, 6.07) is 4.42. The quantitative estimate of drug-likeness (QED) is 0.637. The smallest absolute Gasteiger partial charge is 0.235 e. The Morgan fingerprint density at radius 3 is 2.38 bits per heavy atom. The van der Waals surface area contributed by atoms with Crippen LogP contribution in [0.15, 0.2) is 18.2 Å². The highest BCUT2D eigenvalue weighted by Gasteiger charge is 2.11. The molecular formula is C10H6O3. The Bertz CT molecular complexity index is 366. The molecule has 0 saturated heterocycles. The van der Waals surface area contributed by atoms with Crippen LogP contribution in [0.25, 0.3) is 0 Å². The largest absolute Gasteiger partial charge is 0.294 e. The first-order valence-corrected chi connectivity index (χ1v) is 3.61. The zero-order chi connectivity index (χ0) is 9.84. The van der Waals surface area contributed by atoms with E-state index in [2.05, 4.69) is 0 Å². The molecule has 0 N–H and O–H groups in total.